The van der Waals surface area contributed by atoms with E-state index in [4.69, 9.17) is 11.6 Å². The molecule has 2 aromatic rings. The van der Waals surface area contributed by atoms with Crippen LogP contribution in [-0.2, 0) is 12.2 Å². The molecule has 0 radical (unpaired) electrons. The van der Waals surface area contributed by atoms with Crippen molar-refractivity contribution in [1.29, 1.82) is 0 Å². The number of thioether (sulfide) groups is 1. The molecule has 2 aromatic heterocycles. The lowest BCUT2D eigenvalue weighted by Crippen LogP contribution is -1.81. The zero-order valence-corrected chi connectivity index (χ0v) is 11.1. The summed E-state index contributed by atoms with van der Waals surface area (Å²) in [5, 5.41) is 0. The molecule has 0 aromatic carbocycles. The Hall–Kier alpha value is -0.170. The van der Waals surface area contributed by atoms with E-state index in [1.54, 1.807) is 11.8 Å². The number of nitrogens with zero attached hydrogens (tertiary/aromatic N) is 3. The van der Waals surface area contributed by atoms with E-state index in [1.165, 1.54) is 27.7 Å². The van der Waals surface area contributed by atoms with Crippen LogP contribution in [0.5, 0.6) is 0 Å². The van der Waals surface area contributed by atoms with Gasteiger partial charge in [-0.3, -0.25) is 0 Å². The molecule has 0 fully saturated rings. The fourth-order valence-corrected chi connectivity index (χ4v) is 3.62. The van der Waals surface area contributed by atoms with Gasteiger partial charge < -0.3 is 0 Å². The van der Waals surface area contributed by atoms with Crippen LogP contribution in [0.25, 0.3) is 0 Å². The van der Waals surface area contributed by atoms with Gasteiger partial charge in [-0.15, -0.1) is 11.3 Å². The lowest BCUT2D eigenvalue weighted by molar-refractivity contribution is 0.971. The molecule has 15 heavy (non-hydrogen) atoms. The van der Waals surface area contributed by atoms with E-state index in [9.17, 15) is 0 Å². The van der Waals surface area contributed by atoms with Crippen LogP contribution in [0.4, 0.5) is 0 Å². The minimum absolute atomic E-state index is 0.595. The average Bonchev–Trinajstić information content (AvgIpc) is 2.83. The first-order valence-corrected chi connectivity index (χ1v) is 7.29. The number of thiazole rings is 1. The van der Waals surface area contributed by atoms with Crippen LogP contribution in [0.1, 0.15) is 17.6 Å². The lowest BCUT2D eigenvalue weighted by Gasteiger charge is -1.91. The van der Waals surface area contributed by atoms with Crippen molar-refractivity contribution in [3.63, 3.8) is 0 Å². The van der Waals surface area contributed by atoms with E-state index in [0.29, 0.717) is 4.47 Å². The number of halogens is 1. The molecule has 0 amide bonds. The van der Waals surface area contributed by atoms with E-state index < -0.39 is 0 Å². The summed E-state index contributed by atoms with van der Waals surface area (Å²) in [5.41, 5.74) is 0. The van der Waals surface area contributed by atoms with Crippen molar-refractivity contribution < 1.29 is 0 Å². The highest BCUT2D eigenvalue weighted by Gasteiger charge is 2.05. The number of rotatable bonds is 4. The minimum atomic E-state index is 0.595. The third-order valence-corrected chi connectivity index (χ3v) is 4.85. The van der Waals surface area contributed by atoms with Gasteiger partial charge in [0.25, 0.3) is 0 Å². The second kappa shape index (κ2) is 5.25. The quantitative estimate of drug-likeness (QED) is 0.802. The number of hydrogen-bond acceptors (Lipinski definition) is 6. The second-order valence-corrected chi connectivity index (χ2v) is 6.37. The van der Waals surface area contributed by atoms with E-state index in [1.807, 2.05) is 6.20 Å². The Kier molecular flexibility index (Phi) is 3.96. The molecule has 80 valence electrons. The predicted octanol–water partition coefficient (Wildman–Crippen LogP) is 3.50. The molecule has 0 bridgehead atoms. The van der Waals surface area contributed by atoms with Crippen molar-refractivity contribution in [3.05, 3.63) is 21.4 Å². The van der Waals surface area contributed by atoms with Gasteiger partial charge in [0.2, 0.25) is 0 Å². The highest BCUT2D eigenvalue weighted by molar-refractivity contribution is 8.00. The third-order valence-electron chi connectivity index (χ3n) is 1.63. The van der Waals surface area contributed by atoms with Crippen LogP contribution in [0, 0.1) is 0 Å². The zero-order valence-electron chi connectivity index (χ0n) is 7.94. The number of aryl methyl sites for hydroxylation is 1. The molecule has 0 aliphatic rings. The van der Waals surface area contributed by atoms with Crippen molar-refractivity contribution in [2.75, 3.05) is 0 Å². The Morgan fingerprint density at radius 3 is 3.00 bits per heavy atom. The standard InChI is InChI=1S/C8H8ClN3S3/c1-2-6-11-8(15-12-6)13-4-5-3-10-7(9)14-5/h3H,2,4H2,1H3. The van der Waals surface area contributed by atoms with Crippen LogP contribution in [0.3, 0.4) is 0 Å². The molecule has 0 N–H and O–H groups in total. The number of aromatic nitrogens is 3. The van der Waals surface area contributed by atoms with Crippen LogP contribution >= 0.6 is 46.2 Å². The maximum atomic E-state index is 5.74. The summed E-state index contributed by atoms with van der Waals surface area (Å²) in [7, 11) is 0. The molecule has 0 aliphatic carbocycles. The van der Waals surface area contributed by atoms with Crippen molar-refractivity contribution in [2.24, 2.45) is 0 Å². The molecule has 0 spiro atoms. The summed E-state index contributed by atoms with van der Waals surface area (Å²) >= 11 is 10.4. The molecule has 0 aliphatic heterocycles. The Labute approximate surface area is 105 Å². The van der Waals surface area contributed by atoms with Crippen LogP contribution in [0.2, 0.25) is 4.47 Å². The van der Waals surface area contributed by atoms with Crippen LogP contribution in [-0.4, -0.2) is 14.3 Å². The Morgan fingerprint density at radius 1 is 1.53 bits per heavy atom. The largest absolute Gasteiger partial charge is 0.233 e. The van der Waals surface area contributed by atoms with Gasteiger partial charge in [0, 0.05) is 23.2 Å². The smallest absolute Gasteiger partial charge is 0.183 e. The molecule has 3 nitrogen and oxygen atoms in total. The summed E-state index contributed by atoms with van der Waals surface area (Å²) in [6.45, 7) is 2.06. The second-order valence-electron chi connectivity index (χ2n) is 2.70. The first-order chi connectivity index (χ1) is 7.28. The summed E-state index contributed by atoms with van der Waals surface area (Å²) in [4.78, 5) is 9.53. The van der Waals surface area contributed by atoms with Gasteiger partial charge in [-0.1, -0.05) is 30.3 Å². The van der Waals surface area contributed by atoms with E-state index >= 15 is 0 Å². The van der Waals surface area contributed by atoms with Crippen molar-refractivity contribution >= 4 is 46.2 Å². The van der Waals surface area contributed by atoms with Crippen molar-refractivity contribution in [3.8, 4) is 0 Å². The Bertz CT molecular complexity index is 440. The molecule has 0 saturated heterocycles. The maximum absolute atomic E-state index is 5.74. The SMILES string of the molecule is CCc1nsc(SCc2cnc(Cl)s2)n1. The number of hydrogen-bond donors (Lipinski definition) is 0. The lowest BCUT2D eigenvalue weighted by atomic mass is 10.5. The summed E-state index contributed by atoms with van der Waals surface area (Å²) in [5.74, 6) is 1.78. The molecule has 0 saturated carbocycles. The van der Waals surface area contributed by atoms with E-state index in [-0.39, 0.29) is 0 Å². The molecule has 7 heteroatoms. The topological polar surface area (TPSA) is 38.7 Å². The van der Waals surface area contributed by atoms with Gasteiger partial charge in [0.1, 0.15) is 5.82 Å². The zero-order chi connectivity index (χ0) is 10.7. The van der Waals surface area contributed by atoms with Gasteiger partial charge in [-0.05, 0) is 11.5 Å². The maximum Gasteiger partial charge on any atom is 0.183 e. The minimum Gasteiger partial charge on any atom is -0.233 e. The third kappa shape index (κ3) is 3.14. The molecular weight excluding hydrogens is 270 g/mol. The van der Waals surface area contributed by atoms with Gasteiger partial charge in [0.05, 0.1) is 0 Å². The van der Waals surface area contributed by atoms with Gasteiger partial charge in [0.15, 0.2) is 8.81 Å². The van der Waals surface area contributed by atoms with Gasteiger partial charge in [-0.2, -0.15) is 4.37 Å². The highest BCUT2D eigenvalue weighted by Crippen LogP contribution is 2.28. The fourth-order valence-electron chi connectivity index (χ4n) is 0.923. The van der Waals surface area contributed by atoms with Crippen LogP contribution < -0.4 is 0 Å². The first kappa shape index (κ1) is 11.3. The molecule has 0 atom stereocenters. The van der Waals surface area contributed by atoms with Crippen molar-refractivity contribution in [2.45, 2.75) is 23.4 Å². The van der Waals surface area contributed by atoms with E-state index in [2.05, 4.69) is 21.3 Å². The molecule has 2 rings (SSSR count). The monoisotopic (exact) mass is 277 g/mol. The normalized spacial score (nSPS) is 10.8. The Balaban J connectivity index is 1.93. The Morgan fingerprint density at radius 2 is 2.40 bits per heavy atom. The van der Waals surface area contributed by atoms with Crippen molar-refractivity contribution in [1.82, 2.24) is 14.3 Å². The predicted molar refractivity (Wildman–Crippen MR) is 66.0 cm³/mol. The molecule has 2 heterocycles. The fraction of sp³-hybridized carbons (Fsp3) is 0.375. The summed E-state index contributed by atoms with van der Waals surface area (Å²) in [6.07, 6.45) is 2.70. The first-order valence-electron chi connectivity index (χ1n) is 4.33. The summed E-state index contributed by atoms with van der Waals surface area (Å²) < 4.78 is 5.83. The molecule has 0 unspecified atom stereocenters. The molecular formula is C8H8ClN3S3. The highest BCUT2D eigenvalue weighted by atomic mass is 35.5. The van der Waals surface area contributed by atoms with Crippen LogP contribution in [0.15, 0.2) is 10.5 Å². The van der Waals surface area contributed by atoms with Gasteiger partial charge in [-0.25, -0.2) is 9.97 Å². The van der Waals surface area contributed by atoms with E-state index in [0.717, 1.165) is 22.3 Å². The van der Waals surface area contributed by atoms with Gasteiger partial charge >= 0.3 is 0 Å². The average molecular weight is 278 g/mol. The summed E-state index contributed by atoms with van der Waals surface area (Å²) in [6, 6.07) is 0.